The molecule has 0 aliphatic carbocycles. The predicted octanol–water partition coefficient (Wildman–Crippen LogP) is 1.56. The van der Waals surface area contributed by atoms with Crippen LogP contribution in [0.2, 0.25) is 0 Å². The number of hydrogen-bond donors (Lipinski definition) is 0. The van der Waals surface area contributed by atoms with Crippen LogP contribution in [0.3, 0.4) is 0 Å². The van der Waals surface area contributed by atoms with Gasteiger partial charge in [0.1, 0.15) is 5.82 Å². The summed E-state index contributed by atoms with van der Waals surface area (Å²) in [5, 5.41) is -0.442. The maximum atomic E-state index is 12.7. The van der Waals surface area contributed by atoms with Gasteiger partial charge in [0.25, 0.3) is 0 Å². The van der Waals surface area contributed by atoms with E-state index in [-0.39, 0.29) is 24.0 Å². The molecule has 1 aromatic rings. The van der Waals surface area contributed by atoms with E-state index in [1.165, 1.54) is 30.2 Å². The Bertz CT molecular complexity index is 586. The van der Waals surface area contributed by atoms with E-state index < -0.39 is 15.1 Å². The highest BCUT2D eigenvalue weighted by Crippen LogP contribution is 2.21. The highest BCUT2D eigenvalue weighted by atomic mass is 32.2. The van der Waals surface area contributed by atoms with Gasteiger partial charge in [-0.15, -0.1) is 11.8 Å². The predicted molar refractivity (Wildman–Crippen MR) is 77.0 cm³/mol. The zero-order valence-electron chi connectivity index (χ0n) is 11.1. The molecule has 0 saturated carbocycles. The van der Waals surface area contributed by atoms with Crippen LogP contribution in [0.1, 0.15) is 6.42 Å². The maximum absolute atomic E-state index is 12.7. The first kappa shape index (κ1) is 15.3. The van der Waals surface area contributed by atoms with Crippen molar-refractivity contribution in [1.29, 1.82) is 0 Å². The van der Waals surface area contributed by atoms with Crippen LogP contribution in [0.15, 0.2) is 29.2 Å². The van der Waals surface area contributed by atoms with Crippen molar-refractivity contribution in [2.45, 2.75) is 16.6 Å². The molecule has 110 valence electrons. The van der Waals surface area contributed by atoms with Crippen LogP contribution in [0.5, 0.6) is 0 Å². The van der Waals surface area contributed by atoms with E-state index in [1.807, 2.05) is 0 Å². The van der Waals surface area contributed by atoms with Crippen LogP contribution in [0, 0.1) is 5.82 Å². The molecule has 2 rings (SSSR count). The number of likely N-dealkylation sites (tertiary alicyclic amines) is 1. The zero-order chi connectivity index (χ0) is 14.8. The smallest absolute Gasteiger partial charge is 0.232 e. The average Bonchev–Trinajstić information content (AvgIpc) is 2.87. The number of benzene rings is 1. The van der Waals surface area contributed by atoms with Gasteiger partial charge in [0.15, 0.2) is 9.84 Å². The van der Waals surface area contributed by atoms with Crippen molar-refractivity contribution in [2.75, 3.05) is 25.1 Å². The standard InChI is InChI=1S/C13H16FNO3S2/c1-20(17,18)12-6-7-15(8-12)13(16)9-19-11-4-2-10(14)3-5-11/h2-5,12H,6-9H2,1H3. The van der Waals surface area contributed by atoms with Crippen LogP contribution in [-0.4, -0.2) is 49.6 Å². The molecule has 0 N–H and O–H groups in total. The van der Waals surface area contributed by atoms with Crippen molar-refractivity contribution < 1.29 is 17.6 Å². The maximum Gasteiger partial charge on any atom is 0.232 e. The first-order valence-electron chi connectivity index (χ1n) is 6.21. The number of rotatable bonds is 4. The summed E-state index contributed by atoms with van der Waals surface area (Å²) in [6, 6.07) is 5.94. The number of halogens is 1. The molecular formula is C13H16FNO3S2. The van der Waals surface area contributed by atoms with Gasteiger partial charge in [-0.05, 0) is 30.7 Å². The minimum Gasteiger partial charge on any atom is -0.341 e. The number of carbonyl (C=O) groups is 1. The second-order valence-electron chi connectivity index (χ2n) is 4.82. The summed E-state index contributed by atoms with van der Waals surface area (Å²) >= 11 is 1.33. The zero-order valence-corrected chi connectivity index (χ0v) is 12.7. The molecule has 1 aliphatic rings. The Balaban J connectivity index is 1.86. The van der Waals surface area contributed by atoms with E-state index in [9.17, 15) is 17.6 Å². The summed E-state index contributed by atoms with van der Waals surface area (Å²) in [4.78, 5) is 14.4. The van der Waals surface area contributed by atoms with Crippen molar-refractivity contribution in [3.8, 4) is 0 Å². The molecule has 4 nitrogen and oxygen atoms in total. The molecule has 0 spiro atoms. The monoisotopic (exact) mass is 317 g/mol. The van der Waals surface area contributed by atoms with Crippen LogP contribution in [0.25, 0.3) is 0 Å². The van der Waals surface area contributed by atoms with Crippen molar-refractivity contribution in [3.05, 3.63) is 30.1 Å². The topological polar surface area (TPSA) is 54.5 Å². The number of nitrogens with zero attached hydrogens (tertiary/aromatic N) is 1. The van der Waals surface area contributed by atoms with Gasteiger partial charge in [-0.25, -0.2) is 12.8 Å². The quantitative estimate of drug-likeness (QED) is 0.791. The summed E-state index contributed by atoms with van der Waals surface area (Å²) in [7, 11) is -3.08. The molecule has 1 amide bonds. The van der Waals surface area contributed by atoms with Crippen molar-refractivity contribution in [3.63, 3.8) is 0 Å². The Hall–Kier alpha value is -1.08. The normalized spacial score (nSPS) is 19.3. The summed E-state index contributed by atoms with van der Waals surface area (Å²) < 4.78 is 35.6. The largest absolute Gasteiger partial charge is 0.341 e. The second kappa shape index (κ2) is 6.13. The van der Waals surface area contributed by atoms with Gasteiger partial charge < -0.3 is 4.90 Å². The molecular weight excluding hydrogens is 301 g/mol. The minimum absolute atomic E-state index is 0.0783. The highest BCUT2D eigenvalue weighted by Gasteiger charge is 2.32. The number of sulfone groups is 1. The van der Waals surface area contributed by atoms with Crippen molar-refractivity contribution in [2.24, 2.45) is 0 Å². The molecule has 1 saturated heterocycles. The third-order valence-corrected chi connectivity index (χ3v) is 5.87. The Morgan fingerprint density at radius 2 is 2.05 bits per heavy atom. The third-order valence-electron chi connectivity index (χ3n) is 3.28. The van der Waals surface area contributed by atoms with Gasteiger partial charge in [-0.2, -0.15) is 0 Å². The van der Waals surface area contributed by atoms with E-state index in [0.29, 0.717) is 13.0 Å². The fourth-order valence-electron chi connectivity index (χ4n) is 2.07. The first-order valence-corrected chi connectivity index (χ1v) is 9.15. The van der Waals surface area contributed by atoms with Gasteiger partial charge in [0.05, 0.1) is 11.0 Å². The SMILES string of the molecule is CS(=O)(=O)C1CCN(C(=O)CSc2ccc(F)cc2)C1. The van der Waals surface area contributed by atoms with E-state index in [1.54, 1.807) is 17.0 Å². The molecule has 0 aromatic heterocycles. The minimum atomic E-state index is -3.08. The summed E-state index contributed by atoms with van der Waals surface area (Å²) in [5.41, 5.74) is 0. The Labute approximate surface area is 122 Å². The number of hydrogen-bond acceptors (Lipinski definition) is 4. The molecule has 1 aromatic carbocycles. The van der Waals surface area contributed by atoms with Crippen LogP contribution in [-0.2, 0) is 14.6 Å². The van der Waals surface area contributed by atoms with E-state index in [4.69, 9.17) is 0 Å². The van der Waals surface area contributed by atoms with Crippen molar-refractivity contribution in [1.82, 2.24) is 4.90 Å². The first-order chi connectivity index (χ1) is 9.36. The Morgan fingerprint density at radius 3 is 2.60 bits per heavy atom. The lowest BCUT2D eigenvalue weighted by Gasteiger charge is -2.15. The molecule has 1 heterocycles. The fraction of sp³-hybridized carbons (Fsp3) is 0.462. The summed E-state index contributed by atoms with van der Waals surface area (Å²) in [6.45, 7) is 0.766. The molecule has 1 aliphatic heterocycles. The van der Waals surface area contributed by atoms with E-state index >= 15 is 0 Å². The summed E-state index contributed by atoms with van der Waals surface area (Å²) in [6.07, 6.45) is 1.71. The molecule has 1 unspecified atom stereocenters. The highest BCUT2D eigenvalue weighted by molar-refractivity contribution is 8.00. The average molecular weight is 317 g/mol. The van der Waals surface area contributed by atoms with Crippen LogP contribution in [0.4, 0.5) is 4.39 Å². The lowest BCUT2D eigenvalue weighted by atomic mass is 10.4. The lowest BCUT2D eigenvalue weighted by Crippen LogP contribution is -2.32. The van der Waals surface area contributed by atoms with Gasteiger partial charge in [-0.1, -0.05) is 0 Å². The van der Waals surface area contributed by atoms with Crippen LogP contribution >= 0.6 is 11.8 Å². The molecule has 20 heavy (non-hydrogen) atoms. The van der Waals surface area contributed by atoms with E-state index in [2.05, 4.69) is 0 Å². The molecule has 1 atom stereocenters. The number of thioether (sulfide) groups is 1. The molecule has 0 bridgehead atoms. The number of amides is 1. The molecule has 0 radical (unpaired) electrons. The Kier molecular flexibility index (Phi) is 4.70. The number of carbonyl (C=O) groups excluding carboxylic acids is 1. The lowest BCUT2D eigenvalue weighted by molar-refractivity contribution is -0.127. The van der Waals surface area contributed by atoms with Crippen LogP contribution < -0.4 is 0 Å². The second-order valence-corrected chi connectivity index (χ2v) is 8.20. The molecule has 1 fully saturated rings. The van der Waals surface area contributed by atoms with Crippen molar-refractivity contribution >= 4 is 27.5 Å². The van der Waals surface area contributed by atoms with E-state index in [0.717, 1.165) is 4.90 Å². The third kappa shape index (κ3) is 3.96. The van der Waals surface area contributed by atoms with Gasteiger partial charge in [-0.3, -0.25) is 4.79 Å². The fourth-order valence-corrected chi connectivity index (χ4v) is 3.86. The van der Waals surface area contributed by atoms with Gasteiger partial charge in [0.2, 0.25) is 5.91 Å². The van der Waals surface area contributed by atoms with Gasteiger partial charge in [0, 0.05) is 24.2 Å². The summed E-state index contributed by atoms with van der Waals surface area (Å²) in [5.74, 6) is -0.149. The molecule has 7 heteroatoms. The van der Waals surface area contributed by atoms with Gasteiger partial charge >= 0.3 is 0 Å². The Morgan fingerprint density at radius 1 is 1.40 bits per heavy atom.